The van der Waals surface area contributed by atoms with Crippen LogP contribution in [0.4, 0.5) is 4.79 Å². The fraction of sp³-hybridized carbons (Fsp3) is 0.567. The number of carboxylic acids is 1. The average Bonchev–Trinajstić information content (AvgIpc) is 3.31. The van der Waals surface area contributed by atoms with E-state index in [0.29, 0.717) is 6.42 Å². The lowest BCUT2D eigenvalue weighted by Gasteiger charge is -2.35. The van der Waals surface area contributed by atoms with Crippen LogP contribution in [0.25, 0.3) is 10.8 Å². The molecule has 4 rings (SSSR count). The van der Waals surface area contributed by atoms with Gasteiger partial charge in [-0.3, -0.25) is 4.79 Å². The zero-order valence-electron chi connectivity index (χ0n) is 23.5. The van der Waals surface area contributed by atoms with Crippen LogP contribution in [0.15, 0.2) is 30.3 Å². The predicted octanol–water partition coefficient (Wildman–Crippen LogP) is 4.63. The number of fused-ring (bicyclic) bond motifs is 4. The Labute approximate surface area is 229 Å². The fourth-order valence-corrected chi connectivity index (χ4v) is 5.79. The Bertz CT molecular complexity index is 1240. The number of rotatable bonds is 3. The lowest BCUT2D eigenvalue weighted by atomic mass is 9.85. The quantitative estimate of drug-likeness (QED) is 0.583. The molecule has 0 aromatic heterocycles. The summed E-state index contributed by atoms with van der Waals surface area (Å²) >= 11 is 0. The van der Waals surface area contributed by atoms with Gasteiger partial charge in [0.25, 0.3) is 0 Å². The van der Waals surface area contributed by atoms with Gasteiger partial charge in [0.15, 0.2) is 0 Å². The highest BCUT2D eigenvalue weighted by atomic mass is 16.5. The van der Waals surface area contributed by atoms with Gasteiger partial charge in [-0.1, -0.05) is 51.8 Å². The summed E-state index contributed by atoms with van der Waals surface area (Å²) in [6, 6.07) is 7.92. The molecule has 2 amide bonds. The van der Waals surface area contributed by atoms with E-state index < -0.39 is 41.1 Å². The first kappa shape index (κ1) is 28.7. The Kier molecular flexibility index (Phi) is 8.39. The Morgan fingerprint density at radius 3 is 2.49 bits per heavy atom. The van der Waals surface area contributed by atoms with Gasteiger partial charge in [0.05, 0.1) is 20.3 Å². The van der Waals surface area contributed by atoms with Gasteiger partial charge < -0.3 is 29.5 Å². The Morgan fingerprint density at radius 2 is 1.82 bits per heavy atom. The van der Waals surface area contributed by atoms with Crippen molar-refractivity contribution < 1.29 is 33.7 Å². The predicted molar refractivity (Wildman–Crippen MR) is 147 cm³/mol. The zero-order valence-corrected chi connectivity index (χ0v) is 23.5. The number of nitrogens with zero attached hydrogens (tertiary/aromatic N) is 1. The van der Waals surface area contributed by atoms with Crippen LogP contribution in [-0.4, -0.2) is 67.4 Å². The lowest BCUT2D eigenvalue weighted by Crippen LogP contribution is -2.57. The number of cyclic esters (lactones) is 1. The van der Waals surface area contributed by atoms with Gasteiger partial charge in [-0.25, -0.2) is 9.59 Å². The van der Waals surface area contributed by atoms with E-state index in [2.05, 4.69) is 11.4 Å². The molecule has 3 atom stereocenters. The molecule has 9 heteroatoms. The van der Waals surface area contributed by atoms with Gasteiger partial charge in [-0.05, 0) is 53.1 Å². The van der Waals surface area contributed by atoms with Crippen molar-refractivity contribution in [3.05, 3.63) is 41.5 Å². The minimum atomic E-state index is -1.12. The van der Waals surface area contributed by atoms with Crippen molar-refractivity contribution in [2.24, 2.45) is 5.41 Å². The van der Waals surface area contributed by atoms with E-state index in [1.165, 1.54) is 4.90 Å². The summed E-state index contributed by atoms with van der Waals surface area (Å²) < 4.78 is 17.2. The van der Waals surface area contributed by atoms with Gasteiger partial charge in [-0.2, -0.15) is 0 Å². The molecule has 2 aliphatic rings. The number of nitrogens with one attached hydrogen (secondary N) is 1. The molecule has 0 radical (unpaired) electrons. The second-order valence-corrected chi connectivity index (χ2v) is 11.6. The molecule has 9 nitrogen and oxygen atoms in total. The van der Waals surface area contributed by atoms with Crippen molar-refractivity contribution in [1.82, 2.24) is 10.2 Å². The zero-order chi connectivity index (χ0) is 28.4. The van der Waals surface area contributed by atoms with E-state index in [0.717, 1.165) is 53.3 Å². The Morgan fingerprint density at radius 1 is 1.10 bits per heavy atom. The van der Waals surface area contributed by atoms with Gasteiger partial charge >= 0.3 is 12.1 Å². The highest BCUT2D eigenvalue weighted by Crippen LogP contribution is 2.42. The SMILES string of the molecule is COc1ccc2ccc3cc2c1CCCCCCOC(=O)N[C@@H](C(C)(C)C)C(=O)N1C[C@@]3(OC)C[C@H]1C(=O)O. The van der Waals surface area contributed by atoms with Gasteiger partial charge in [0, 0.05) is 19.1 Å². The molecule has 1 saturated heterocycles. The number of hydrogen-bond acceptors (Lipinski definition) is 6. The molecule has 1 fully saturated rings. The topological polar surface area (TPSA) is 114 Å². The van der Waals surface area contributed by atoms with Crippen molar-refractivity contribution in [3.63, 3.8) is 0 Å². The van der Waals surface area contributed by atoms with Gasteiger partial charge in [0.2, 0.25) is 5.91 Å². The maximum atomic E-state index is 13.9. The number of benzene rings is 2. The van der Waals surface area contributed by atoms with Crippen molar-refractivity contribution in [3.8, 4) is 5.75 Å². The molecule has 0 spiro atoms. The monoisotopic (exact) mass is 540 g/mol. The maximum absolute atomic E-state index is 13.9. The Balaban J connectivity index is 1.84. The third-order valence-corrected chi connectivity index (χ3v) is 8.05. The Hall–Kier alpha value is -3.33. The minimum absolute atomic E-state index is 0.0351. The number of aryl methyl sites for hydroxylation is 1. The van der Waals surface area contributed by atoms with Crippen LogP contribution in [0.2, 0.25) is 0 Å². The standard InChI is InChI=1S/C30H40N2O7/c1-29(2,3)25-26(33)32-18-30(38-5,17-23(32)27(34)35)20-13-11-19-12-14-24(37-4)21(22(19)16-20)10-8-6-7-9-15-39-28(36)31-25/h11-14,16,23,25H,6-10,15,17-18H2,1-5H3,(H,31,36)(H,34,35)/t23-,25+,30-/m0/s1. The smallest absolute Gasteiger partial charge is 0.407 e. The summed E-state index contributed by atoms with van der Waals surface area (Å²) in [4.78, 5) is 40.4. The average molecular weight is 541 g/mol. The van der Waals surface area contributed by atoms with Crippen molar-refractivity contribution in [2.75, 3.05) is 27.4 Å². The van der Waals surface area contributed by atoms with E-state index >= 15 is 0 Å². The molecule has 0 saturated carbocycles. The molecular formula is C30H40N2O7. The lowest BCUT2D eigenvalue weighted by molar-refractivity contribution is -0.150. The summed E-state index contributed by atoms with van der Waals surface area (Å²) in [5.74, 6) is -0.790. The molecule has 2 aliphatic heterocycles. The van der Waals surface area contributed by atoms with Crippen molar-refractivity contribution in [2.45, 2.75) is 77.0 Å². The van der Waals surface area contributed by atoms with Crippen LogP contribution in [0, 0.1) is 5.41 Å². The molecule has 0 unspecified atom stereocenters. The molecule has 0 aliphatic carbocycles. The first-order chi connectivity index (χ1) is 18.5. The van der Waals surface area contributed by atoms with Crippen molar-refractivity contribution in [1.29, 1.82) is 0 Å². The van der Waals surface area contributed by atoms with Crippen LogP contribution < -0.4 is 10.1 Å². The van der Waals surface area contributed by atoms with E-state index in [-0.39, 0.29) is 19.6 Å². The number of methoxy groups -OCH3 is 2. The van der Waals surface area contributed by atoms with Gasteiger partial charge in [-0.15, -0.1) is 0 Å². The summed E-state index contributed by atoms with van der Waals surface area (Å²) in [6.07, 6.45) is 3.72. The summed E-state index contributed by atoms with van der Waals surface area (Å²) in [6.45, 7) is 5.76. The highest BCUT2D eigenvalue weighted by Gasteiger charge is 2.52. The molecule has 212 valence electrons. The van der Waals surface area contributed by atoms with E-state index in [4.69, 9.17) is 14.2 Å². The summed E-state index contributed by atoms with van der Waals surface area (Å²) in [5, 5.41) is 15.0. The number of ether oxygens (including phenoxy) is 3. The summed E-state index contributed by atoms with van der Waals surface area (Å²) in [5.41, 5.74) is 0.164. The van der Waals surface area contributed by atoms with Gasteiger partial charge in [0.1, 0.15) is 23.4 Å². The molecule has 2 aromatic carbocycles. The third kappa shape index (κ3) is 5.83. The molecule has 2 heterocycles. The molecule has 2 N–H and O–H groups in total. The number of hydrogen-bond donors (Lipinski definition) is 2. The number of carbonyl (C=O) groups excluding carboxylic acids is 2. The molecular weight excluding hydrogens is 500 g/mol. The van der Waals surface area contributed by atoms with Crippen LogP contribution in [-0.2, 0) is 31.1 Å². The number of alkyl carbamates (subject to hydrolysis) is 1. The highest BCUT2D eigenvalue weighted by molar-refractivity contribution is 5.91. The van der Waals surface area contributed by atoms with Crippen LogP contribution in [0.5, 0.6) is 5.75 Å². The first-order valence-electron chi connectivity index (χ1n) is 13.6. The van der Waals surface area contributed by atoms with E-state index in [1.54, 1.807) is 14.2 Å². The first-order valence-corrected chi connectivity index (χ1v) is 13.6. The normalized spacial score (nSPS) is 25.1. The minimum Gasteiger partial charge on any atom is -0.496 e. The molecule has 39 heavy (non-hydrogen) atoms. The number of aliphatic carboxylic acids is 1. The van der Waals surface area contributed by atoms with Crippen LogP contribution >= 0.6 is 0 Å². The number of carbonyl (C=O) groups is 3. The molecule has 4 bridgehead atoms. The fourth-order valence-electron chi connectivity index (χ4n) is 5.79. The maximum Gasteiger partial charge on any atom is 0.407 e. The number of amides is 2. The van der Waals surface area contributed by atoms with Crippen molar-refractivity contribution >= 4 is 28.7 Å². The number of carboxylic acid groups (broad SMARTS) is 1. The summed E-state index contributed by atoms with van der Waals surface area (Å²) in [7, 11) is 3.21. The van der Waals surface area contributed by atoms with Crippen LogP contribution in [0.1, 0.15) is 64.0 Å². The second-order valence-electron chi connectivity index (χ2n) is 11.6. The second kappa shape index (κ2) is 11.4. The van der Waals surface area contributed by atoms with Crippen LogP contribution in [0.3, 0.4) is 0 Å². The molecule has 2 aromatic rings. The van der Waals surface area contributed by atoms with E-state index in [1.807, 2.05) is 45.0 Å². The largest absolute Gasteiger partial charge is 0.496 e. The third-order valence-electron chi connectivity index (χ3n) is 8.05. The van der Waals surface area contributed by atoms with E-state index in [9.17, 15) is 19.5 Å².